The number of nitrogens with one attached hydrogen (secondary N) is 1. The van der Waals surface area contributed by atoms with Gasteiger partial charge in [-0.25, -0.2) is 9.97 Å². The normalized spacial score (nSPS) is 15.2. The molecule has 0 unspecified atom stereocenters. The van der Waals surface area contributed by atoms with Gasteiger partial charge in [0.2, 0.25) is 17.0 Å². The van der Waals surface area contributed by atoms with Gasteiger partial charge in [-0.3, -0.25) is 14.9 Å². The molecule has 164 valence electrons. The van der Waals surface area contributed by atoms with Crippen molar-refractivity contribution in [3.63, 3.8) is 0 Å². The fraction of sp³-hybridized carbons (Fsp3) is 0.174. The zero-order chi connectivity index (χ0) is 22.6. The van der Waals surface area contributed by atoms with Gasteiger partial charge in [-0.2, -0.15) is 4.68 Å². The summed E-state index contributed by atoms with van der Waals surface area (Å²) >= 11 is 1.21. The smallest absolute Gasteiger partial charge is 0.237 e. The second kappa shape index (κ2) is 9.29. The summed E-state index contributed by atoms with van der Waals surface area (Å²) in [5, 5.41) is 14.9. The number of nitrogens with zero attached hydrogens (tertiary/aromatic N) is 6. The van der Waals surface area contributed by atoms with Crippen molar-refractivity contribution >= 4 is 29.4 Å². The predicted molar refractivity (Wildman–Crippen MR) is 122 cm³/mol. The fourth-order valence-corrected chi connectivity index (χ4v) is 4.45. The van der Waals surface area contributed by atoms with Gasteiger partial charge >= 0.3 is 0 Å². The second-order valence-electron chi connectivity index (χ2n) is 7.54. The molecule has 0 fully saturated rings. The lowest BCUT2D eigenvalue weighted by molar-refractivity contribution is -0.113. The zero-order valence-electron chi connectivity index (χ0n) is 17.5. The SMILES string of the molecule is O=C(CSc1nnnn1-c1ccccc1)Nc1ncc2c(n1)C[C@H](c1ccccc1)CC2=O. The molecule has 1 atom stereocenters. The van der Waals surface area contributed by atoms with E-state index in [0.29, 0.717) is 29.3 Å². The number of amides is 1. The third-order valence-electron chi connectivity index (χ3n) is 5.34. The monoisotopic (exact) mass is 457 g/mol. The number of aromatic nitrogens is 6. The van der Waals surface area contributed by atoms with E-state index in [1.165, 1.54) is 18.0 Å². The molecule has 2 aromatic carbocycles. The maximum atomic E-state index is 12.6. The summed E-state index contributed by atoms with van der Waals surface area (Å²) in [6.07, 6.45) is 2.56. The van der Waals surface area contributed by atoms with Crippen molar-refractivity contribution in [2.24, 2.45) is 0 Å². The molecule has 1 aliphatic carbocycles. The van der Waals surface area contributed by atoms with E-state index in [2.05, 4.69) is 30.8 Å². The van der Waals surface area contributed by atoms with E-state index in [9.17, 15) is 9.59 Å². The molecule has 0 saturated heterocycles. The highest BCUT2D eigenvalue weighted by molar-refractivity contribution is 7.99. The maximum Gasteiger partial charge on any atom is 0.237 e. The van der Waals surface area contributed by atoms with Gasteiger partial charge < -0.3 is 0 Å². The number of ketones is 1. The van der Waals surface area contributed by atoms with Crippen molar-refractivity contribution in [1.82, 2.24) is 30.2 Å². The third-order valence-corrected chi connectivity index (χ3v) is 6.26. The summed E-state index contributed by atoms with van der Waals surface area (Å²) in [5.41, 5.74) is 3.09. The molecule has 0 bridgehead atoms. The maximum absolute atomic E-state index is 12.6. The van der Waals surface area contributed by atoms with Crippen molar-refractivity contribution in [3.05, 3.63) is 83.7 Å². The molecular weight excluding hydrogens is 438 g/mol. The number of thioether (sulfide) groups is 1. The van der Waals surface area contributed by atoms with Gasteiger partial charge in [-0.15, -0.1) is 5.10 Å². The molecule has 2 heterocycles. The summed E-state index contributed by atoms with van der Waals surface area (Å²) in [5.74, 6) is 0.0651. The van der Waals surface area contributed by atoms with Crippen molar-refractivity contribution in [2.45, 2.75) is 23.9 Å². The first-order valence-corrected chi connectivity index (χ1v) is 11.4. The van der Waals surface area contributed by atoms with Crippen molar-refractivity contribution < 1.29 is 9.59 Å². The number of benzene rings is 2. The van der Waals surface area contributed by atoms with Crippen LogP contribution in [0, 0.1) is 0 Å². The number of fused-ring (bicyclic) bond motifs is 1. The molecule has 5 rings (SSSR count). The lowest BCUT2D eigenvalue weighted by atomic mass is 9.82. The number of anilines is 1. The highest BCUT2D eigenvalue weighted by Gasteiger charge is 2.28. The Balaban J connectivity index is 1.25. The Morgan fingerprint density at radius 2 is 1.82 bits per heavy atom. The Labute approximate surface area is 193 Å². The molecule has 0 saturated carbocycles. The van der Waals surface area contributed by atoms with Gasteiger partial charge in [-0.1, -0.05) is 60.3 Å². The number of tetrazole rings is 1. The van der Waals surface area contributed by atoms with E-state index >= 15 is 0 Å². The highest BCUT2D eigenvalue weighted by Crippen LogP contribution is 2.31. The van der Waals surface area contributed by atoms with Crippen LogP contribution in [0.25, 0.3) is 5.69 Å². The lowest BCUT2D eigenvalue weighted by Crippen LogP contribution is -2.23. The number of rotatable bonds is 6. The minimum Gasteiger partial charge on any atom is -0.294 e. The largest absolute Gasteiger partial charge is 0.294 e. The molecule has 0 spiro atoms. The van der Waals surface area contributed by atoms with Crippen LogP contribution in [0.1, 0.15) is 34.0 Å². The number of Topliss-reactive ketones (excluding diaryl/α,β-unsaturated/α-hetero) is 1. The molecule has 0 aliphatic heterocycles. The summed E-state index contributed by atoms with van der Waals surface area (Å²) in [4.78, 5) is 33.8. The lowest BCUT2D eigenvalue weighted by Gasteiger charge is -2.23. The molecule has 0 radical (unpaired) electrons. The molecular formula is C23H19N7O2S. The van der Waals surface area contributed by atoms with E-state index < -0.39 is 0 Å². The van der Waals surface area contributed by atoms with Crippen LogP contribution in [-0.4, -0.2) is 47.6 Å². The molecule has 10 heteroatoms. The number of hydrogen-bond donors (Lipinski definition) is 1. The molecule has 1 amide bonds. The van der Waals surface area contributed by atoms with Crippen LogP contribution in [0.2, 0.25) is 0 Å². The van der Waals surface area contributed by atoms with Gasteiger partial charge in [0.15, 0.2) is 5.78 Å². The van der Waals surface area contributed by atoms with Crippen molar-refractivity contribution in [1.29, 1.82) is 0 Å². The topological polar surface area (TPSA) is 116 Å². The first-order valence-electron chi connectivity index (χ1n) is 10.4. The minimum absolute atomic E-state index is 0.0197. The van der Waals surface area contributed by atoms with E-state index in [1.54, 1.807) is 4.68 Å². The first-order chi connectivity index (χ1) is 16.2. The Morgan fingerprint density at radius 1 is 1.06 bits per heavy atom. The Morgan fingerprint density at radius 3 is 2.61 bits per heavy atom. The number of carbonyl (C=O) groups is 2. The van der Waals surface area contributed by atoms with Crippen LogP contribution >= 0.6 is 11.8 Å². The average Bonchev–Trinajstić information content (AvgIpc) is 3.32. The second-order valence-corrected chi connectivity index (χ2v) is 8.48. The number of carbonyl (C=O) groups excluding carboxylic acids is 2. The first kappa shape index (κ1) is 21.0. The van der Waals surface area contributed by atoms with Gasteiger partial charge in [0.05, 0.1) is 22.7 Å². The predicted octanol–water partition coefficient (Wildman–Crippen LogP) is 3.10. The molecule has 9 nitrogen and oxygen atoms in total. The van der Waals surface area contributed by atoms with Gasteiger partial charge in [0.1, 0.15) is 0 Å². The highest BCUT2D eigenvalue weighted by atomic mass is 32.2. The molecule has 1 aliphatic rings. The van der Waals surface area contributed by atoms with E-state index in [4.69, 9.17) is 0 Å². The van der Waals surface area contributed by atoms with E-state index in [1.807, 2.05) is 60.7 Å². The van der Waals surface area contributed by atoms with Crippen LogP contribution in [-0.2, 0) is 11.2 Å². The van der Waals surface area contributed by atoms with Crippen LogP contribution < -0.4 is 5.32 Å². The third kappa shape index (κ3) is 4.65. The zero-order valence-corrected chi connectivity index (χ0v) is 18.3. The summed E-state index contributed by atoms with van der Waals surface area (Å²) < 4.78 is 1.57. The summed E-state index contributed by atoms with van der Waals surface area (Å²) in [6, 6.07) is 19.4. The van der Waals surface area contributed by atoms with Gasteiger partial charge in [-0.05, 0) is 40.5 Å². The van der Waals surface area contributed by atoms with Crippen LogP contribution in [0.4, 0.5) is 5.95 Å². The molecule has 1 N–H and O–H groups in total. The fourth-order valence-electron chi connectivity index (χ4n) is 3.76. The van der Waals surface area contributed by atoms with Crippen molar-refractivity contribution in [2.75, 3.05) is 11.1 Å². The van der Waals surface area contributed by atoms with Gasteiger partial charge in [0.25, 0.3) is 0 Å². The van der Waals surface area contributed by atoms with E-state index in [0.717, 1.165) is 11.3 Å². The van der Waals surface area contributed by atoms with Crippen molar-refractivity contribution in [3.8, 4) is 5.69 Å². The standard InChI is InChI=1S/C23H19N7O2S/c31-20-12-16(15-7-3-1-4-8-15)11-19-18(20)13-24-22(25-19)26-21(32)14-33-23-27-28-29-30(23)17-9-5-2-6-10-17/h1-10,13,16H,11-12,14H2,(H,24,25,26,32)/t16-/m0/s1. The summed E-state index contributed by atoms with van der Waals surface area (Å²) in [6.45, 7) is 0. The average molecular weight is 458 g/mol. The quantitative estimate of drug-likeness (QED) is 0.439. The Kier molecular flexibility index (Phi) is 5.90. The Hall–Kier alpha value is -3.92. The minimum atomic E-state index is -0.288. The van der Waals surface area contributed by atoms with E-state index in [-0.39, 0.29) is 29.3 Å². The van der Waals surface area contributed by atoms with Crippen LogP contribution in [0.5, 0.6) is 0 Å². The number of hydrogen-bond acceptors (Lipinski definition) is 8. The van der Waals surface area contributed by atoms with Gasteiger partial charge in [0, 0.05) is 12.6 Å². The molecule has 4 aromatic rings. The Bertz CT molecular complexity index is 1290. The summed E-state index contributed by atoms with van der Waals surface area (Å²) in [7, 11) is 0. The molecule has 2 aromatic heterocycles. The number of para-hydroxylation sites is 1. The molecule has 33 heavy (non-hydrogen) atoms. The van der Waals surface area contributed by atoms with Crippen LogP contribution in [0.3, 0.4) is 0 Å². The van der Waals surface area contributed by atoms with Crippen LogP contribution in [0.15, 0.2) is 72.0 Å².